The van der Waals surface area contributed by atoms with E-state index in [1.165, 1.54) is 0 Å². The number of hydrogen-bond acceptors (Lipinski definition) is 11. The molecule has 11 heteroatoms. The second-order valence-corrected chi connectivity index (χ2v) is 8.09. The maximum absolute atomic E-state index is 8.73. The molecular weight excluding hydrogens is 440 g/mol. The van der Waals surface area contributed by atoms with Crippen LogP contribution in [0.25, 0.3) is 0 Å². The summed E-state index contributed by atoms with van der Waals surface area (Å²) < 4.78 is 50.9. The third-order valence-corrected chi connectivity index (χ3v) is 4.57. The Morgan fingerprint density at radius 1 is 0.545 bits per heavy atom. The van der Waals surface area contributed by atoms with Crippen LogP contribution in [0.4, 0.5) is 0 Å². The molecule has 0 bridgehead atoms. The summed E-state index contributed by atoms with van der Waals surface area (Å²) in [5, 5.41) is 17.5. The van der Waals surface area contributed by atoms with Crippen LogP contribution in [0.15, 0.2) is 0 Å². The van der Waals surface area contributed by atoms with Crippen LogP contribution in [0.5, 0.6) is 0 Å². The lowest BCUT2D eigenvalue weighted by molar-refractivity contribution is -0.141. The Morgan fingerprint density at radius 3 is 1.36 bits per heavy atom. The number of rotatable bonds is 14. The van der Waals surface area contributed by atoms with Gasteiger partial charge in [0, 0.05) is 0 Å². The zero-order valence-electron chi connectivity index (χ0n) is 20.3. The lowest BCUT2D eigenvalue weighted by Crippen LogP contribution is -2.41. The second-order valence-electron chi connectivity index (χ2n) is 8.09. The molecule has 1 rings (SSSR count). The molecule has 0 spiro atoms. The van der Waals surface area contributed by atoms with Crippen LogP contribution in [0.2, 0.25) is 0 Å². The van der Waals surface area contributed by atoms with Crippen molar-refractivity contribution in [3.63, 3.8) is 0 Å². The van der Waals surface area contributed by atoms with Gasteiger partial charge >= 0.3 is 0 Å². The molecule has 11 nitrogen and oxygen atoms in total. The van der Waals surface area contributed by atoms with Crippen molar-refractivity contribution in [3.05, 3.63) is 0 Å². The Labute approximate surface area is 197 Å². The zero-order valence-corrected chi connectivity index (χ0v) is 20.3. The van der Waals surface area contributed by atoms with Gasteiger partial charge in [0.15, 0.2) is 0 Å². The van der Waals surface area contributed by atoms with E-state index < -0.39 is 11.2 Å². The smallest absolute Gasteiger partial charge is 0.112 e. The highest BCUT2D eigenvalue weighted by molar-refractivity contribution is 4.76. The minimum atomic E-state index is -0.628. The van der Waals surface area contributed by atoms with Gasteiger partial charge in [-0.15, -0.1) is 0 Å². The van der Waals surface area contributed by atoms with Crippen LogP contribution in [0, 0.1) is 0 Å². The van der Waals surface area contributed by atoms with Gasteiger partial charge in [0.05, 0.1) is 119 Å². The second kappa shape index (κ2) is 19.8. The standard InChI is InChI=1S/C22H44O11/c1-21(17-28-9-7-25-5-3-23)19-30-11-12-31-20-22(2,18-29-10-8-26-6-4-24)33-16-14-27-13-15-32-21/h23-24H,3-20H2,1-2H3/t21-,22-/m0/s1. The van der Waals surface area contributed by atoms with E-state index in [1.807, 2.05) is 13.8 Å². The van der Waals surface area contributed by atoms with Gasteiger partial charge in [0.25, 0.3) is 0 Å². The molecule has 0 saturated carbocycles. The largest absolute Gasteiger partial charge is 0.394 e. The fraction of sp³-hybridized carbons (Fsp3) is 1.00. The summed E-state index contributed by atoms with van der Waals surface area (Å²) in [6, 6.07) is 0. The summed E-state index contributed by atoms with van der Waals surface area (Å²) >= 11 is 0. The molecule has 0 radical (unpaired) electrons. The Morgan fingerprint density at radius 2 is 0.939 bits per heavy atom. The fourth-order valence-corrected chi connectivity index (χ4v) is 2.89. The van der Waals surface area contributed by atoms with E-state index in [4.69, 9.17) is 52.8 Å². The Hall–Kier alpha value is -0.440. The van der Waals surface area contributed by atoms with Crippen molar-refractivity contribution >= 4 is 0 Å². The van der Waals surface area contributed by atoms with Crippen molar-refractivity contribution in [2.24, 2.45) is 0 Å². The number of aliphatic hydroxyl groups is 2. The molecule has 33 heavy (non-hydrogen) atoms. The van der Waals surface area contributed by atoms with Crippen LogP contribution in [0.1, 0.15) is 13.8 Å². The van der Waals surface area contributed by atoms with Gasteiger partial charge in [-0.2, -0.15) is 0 Å². The summed E-state index contributed by atoms with van der Waals surface area (Å²) in [7, 11) is 0. The van der Waals surface area contributed by atoms with Crippen LogP contribution in [-0.2, 0) is 42.6 Å². The first-order valence-corrected chi connectivity index (χ1v) is 11.6. The predicted molar refractivity (Wildman–Crippen MR) is 119 cm³/mol. The maximum Gasteiger partial charge on any atom is 0.112 e. The van der Waals surface area contributed by atoms with Gasteiger partial charge in [-0.3, -0.25) is 0 Å². The van der Waals surface area contributed by atoms with E-state index in [0.29, 0.717) is 106 Å². The molecule has 0 aromatic rings. The van der Waals surface area contributed by atoms with Gasteiger partial charge in [-0.1, -0.05) is 0 Å². The van der Waals surface area contributed by atoms with E-state index >= 15 is 0 Å². The summed E-state index contributed by atoms with van der Waals surface area (Å²) in [5.74, 6) is 0. The first-order chi connectivity index (χ1) is 16.0. The third-order valence-electron chi connectivity index (χ3n) is 4.57. The van der Waals surface area contributed by atoms with Gasteiger partial charge in [0.1, 0.15) is 11.2 Å². The zero-order chi connectivity index (χ0) is 24.1. The van der Waals surface area contributed by atoms with E-state index in [9.17, 15) is 0 Å². The number of ether oxygens (including phenoxy) is 9. The van der Waals surface area contributed by atoms with Crippen LogP contribution >= 0.6 is 0 Å². The first kappa shape index (κ1) is 30.6. The topological polar surface area (TPSA) is 124 Å². The van der Waals surface area contributed by atoms with Crippen molar-refractivity contribution in [2.75, 3.05) is 119 Å². The molecule has 1 aliphatic rings. The van der Waals surface area contributed by atoms with Crippen molar-refractivity contribution < 1.29 is 52.8 Å². The van der Waals surface area contributed by atoms with Gasteiger partial charge < -0.3 is 52.8 Å². The quantitative estimate of drug-likeness (QED) is 0.315. The lowest BCUT2D eigenvalue weighted by atomic mass is 10.1. The molecule has 198 valence electrons. The van der Waals surface area contributed by atoms with Crippen LogP contribution < -0.4 is 0 Å². The molecule has 0 aliphatic carbocycles. The molecule has 0 amide bonds. The van der Waals surface area contributed by atoms with Crippen LogP contribution in [0.3, 0.4) is 0 Å². The minimum Gasteiger partial charge on any atom is -0.394 e. The van der Waals surface area contributed by atoms with Crippen molar-refractivity contribution in [2.45, 2.75) is 25.0 Å². The average Bonchev–Trinajstić information content (AvgIpc) is 2.80. The van der Waals surface area contributed by atoms with Crippen molar-refractivity contribution in [1.29, 1.82) is 0 Å². The first-order valence-electron chi connectivity index (χ1n) is 11.6. The molecule has 0 aromatic heterocycles. The Balaban J connectivity index is 2.40. The van der Waals surface area contributed by atoms with E-state index in [2.05, 4.69) is 0 Å². The van der Waals surface area contributed by atoms with Crippen molar-refractivity contribution in [1.82, 2.24) is 0 Å². The highest BCUT2D eigenvalue weighted by Gasteiger charge is 2.28. The monoisotopic (exact) mass is 484 g/mol. The van der Waals surface area contributed by atoms with Gasteiger partial charge in [0.2, 0.25) is 0 Å². The van der Waals surface area contributed by atoms with Crippen LogP contribution in [-0.4, -0.2) is 140 Å². The van der Waals surface area contributed by atoms with Gasteiger partial charge in [-0.25, -0.2) is 0 Å². The van der Waals surface area contributed by atoms with E-state index in [0.717, 1.165) is 0 Å². The minimum absolute atomic E-state index is 0.00562. The highest BCUT2D eigenvalue weighted by atomic mass is 16.6. The Kier molecular flexibility index (Phi) is 18.4. The van der Waals surface area contributed by atoms with Crippen molar-refractivity contribution in [3.8, 4) is 0 Å². The highest BCUT2D eigenvalue weighted by Crippen LogP contribution is 2.14. The molecule has 0 unspecified atom stereocenters. The number of aliphatic hydroxyl groups excluding tert-OH is 2. The Bertz CT molecular complexity index is 405. The predicted octanol–water partition coefficient (Wildman–Crippen LogP) is -0.349. The molecule has 2 atom stereocenters. The molecule has 1 fully saturated rings. The normalized spacial score (nSPS) is 26.5. The molecule has 1 aliphatic heterocycles. The molecule has 2 N–H and O–H groups in total. The summed E-state index contributed by atoms with van der Waals surface area (Å²) in [5.41, 5.74) is -1.26. The molecule has 0 aromatic carbocycles. The maximum atomic E-state index is 8.73. The third kappa shape index (κ3) is 16.8. The molecule has 1 saturated heterocycles. The fourth-order valence-electron chi connectivity index (χ4n) is 2.89. The summed E-state index contributed by atoms with van der Waals surface area (Å²) in [4.78, 5) is 0. The average molecular weight is 485 g/mol. The van der Waals surface area contributed by atoms with E-state index in [-0.39, 0.29) is 13.2 Å². The lowest BCUT2D eigenvalue weighted by Gasteiger charge is -2.30. The SMILES string of the molecule is C[C@]1(COCCOCCO)COCCOC[C@](C)(COCCOCCO)OCCOCCO1. The van der Waals surface area contributed by atoms with E-state index in [1.54, 1.807) is 0 Å². The number of hydrogen-bond donors (Lipinski definition) is 2. The summed E-state index contributed by atoms with van der Waals surface area (Å²) in [6.45, 7) is 9.91. The summed E-state index contributed by atoms with van der Waals surface area (Å²) in [6.07, 6.45) is 0. The molecule has 1 heterocycles. The molecular formula is C22H44O11. The van der Waals surface area contributed by atoms with Gasteiger partial charge in [-0.05, 0) is 13.8 Å².